The van der Waals surface area contributed by atoms with Crippen molar-refractivity contribution < 1.29 is 27.0 Å². The van der Waals surface area contributed by atoms with Crippen molar-refractivity contribution in [1.82, 2.24) is 9.13 Å². The summed E-state index contributed by atoms with van der Waals surface area (Å²) in [5.74, 6) is 7.34. The normalized spacial score (nSPS) is 21.5. The SMILES string of the molecule is C[C]1[C](C)[C](C)[C](C)[C]1C.[Cl][Rh+][Cl].[Cl][Ru]([Cl])(=[CH]c1ccccc1)=[c]1n(C2CCCCC2)ccn1C1CCCCC1. The number of hydrogen-bond acceptors (Lipinski definition) is 0. The van der Waals surface area contributed by atoms with E-state index in [2.05, 4.69) is 85.0 Å². The average Bonchev–Trinajstić information content (AvgIpc) is 3.49. The third-order valence-corrected chi connectivity index (χ3v) is 14.3. The molecule has 3 fully saturated rings. The van der Waals surface area contributed by atoms with E-state index in [-0.39, 0.29) is 15.1 Å². The van der Waals surface area contributed by atoms with Crippen LogP contribution in [0, 0.1) is 33.6 Å². The molecule has 0 amide bonds. The second-order valence-corrected chi connectivity index (χ2v) is 22.8. The Balaban J connectivity index is 0.000000283. The average molecular weight is 804 g/mol. The Morgan fingerprint density at radius 3 is 1.35 bits per heavy atom. The van der Waals surface area contributed by atoms with E-state index in [4.69, 9.17) is 38.8 Å². The molecule has 8 heteroatoms. The van der Waals surface area contributed by atoms with E-state index in [1.807, 2.05) is 6.07 Å². The summed E-state index contributed by atoms with van der Waals surface area (Å²) in [6.07, 6.45) is 17.5. The molecule has 0 spiro atoms. The van der Waals surface area contributed by atoms with E-state index in [1.165, 1.54) is 97.8 Å². The number of imidazole rings is 1. The van der Waals surface area contributed by atoms with Gasteiger partial charge in [0.25, 0.3) is 0 Å². The summed E-state index contributed by atoms with van der Waals surface area (Å²) in [6, 6.07) is 11.5. The molecule has 3 aliphatic rings. The van der Waals surface area contributed by atoms with Gasteiger partial charge < -0.3 is 0 Å². The molecule has 0 saturated heterocycles. The molecule has 0 bridgehead atoms. The third kappa shape index (κ3) is 9.35. The van der Waals surface area contributed by atoms with Gasteiger partial charge in [0.15, 0.2) is 0 Å². The van der Waals surface area contributed by atoms with Crippen LogP contribution in [0.5, 0.6) is 0 Å². The van der Waals surface area contributed by atoms with E-state index in [0.717, 1.165) is 5.56 Å². The van der Waals surface area contributed by atoms with Gasteiger partial charge in [-0.25, -0.2) is 0 Å². The van der Waals surface area contributed by atoms with Crippen molar-refractivity contribution in [1.29, 1.82) is 0 Å². The molecule has 1 aromatic heterocycles. The Hall–Kier alpha value is 0.707. The maximum atomic E-state index is 7.22. The van der Waals surface area contributed by atoms with Crippen molar-refractivity contribution in [2.24, 2.45) is 0 Å². The zero-order valence-electron chi connectivity index (χ0n) is 24.4. The molecule has 1 aromatic carbocycles. The Kier molecular flexibility index (Phi) is 15.2. The van der Waals surface area contributed by atoms with Gasteiger partial charge in [-0.2, -0.15) is 0 Å². The second-order valence-electron chi connectivity index (χ2n) is 11.1. The first-order valence-electron chi connectivity index (χ1n) is 14.3. The van der Waals surface area contributed by atoms with Gasteiger partial charge in [0.2, 0.25) is 0 Å². The van der Waals surface area contributed by atoms with Gasteiger partial charge in [0.05, 0.1) is 0 Å². The zero-order valence-corrected chi connectivity index (χ0v) is 30.8. The van der Waals surface area contributed by atoms with Gasteiger partial charge in [-0.15, -0.1) is 0 Å². The summed E-state index contributed by atoms with van der Waals surface area (Å²) < 4.78 is 8.34. The van der Waals surface area contributed by atoms with Crippen LogP contribution in [0.3, 0.4) is 0 Å². The van der Waals surface area contributed by atoms with E-state index < -0.39 is 11.9 Å². The predicted molar refractivity (Wildman–Crippen MR) is 170 cm³/mol. The molecular formula is C32H45Cl4N2RhRu+. The first-order chi connectivity index (χ1) is 19.1. The first kappa shape index (κ1) is 35.2. The molecule has 40 heavy (non-hydrogen) atoms. The van der Waals surface area contributed by atoms with Gasteiger partial charge >= 0.3 is 208 Å². The van der Waals surface area contributed by atoms with Gasteiger partial charge in [-0.3, -0.25) is 0 Å². The second kappa shape index (κ2) is 17.3. The molecule has 1 heterocycles. The van der Waals surface area contributed by atoms with Crippen LogP contribution in [0.25, 0.3) is 0 Å². The number of halogens is 4. The third-order valence-electron chi connectivity index (χ3n) is 8.81. The standard InChI is InChI=1S/C15H24N2.C10H15.C7H6.4ClH.Rh.Ru/c1-3-7-14(8-4-1)16-11-12-17(13-16)15-9-5-2-6-10-15;1-6-7(2)9(4)10(5)8(6)3;1-7-5-3-2-4-6-7;;;;;;/h11-12,14-15H,1-10H2;1-5H3;1-6H;4*1H;;/q;;;;;;;+3;+2/p-4. The van der Waals surface area contributed by atoms with Crippen molar-refractivity contribution >= 4 is 43.4 Å². The fourth-order valence-corrected chi connectivity index (χ4v) is 12.1. The predicted octanol–water partition coefficient (Wildman–Crippen LogP) is 11.5. The van der Waals surface area contributed by atoms with E-state index in [0.29, 0.717) is 12.1 Å². The molecular weight excluding hydrogens is 758 g/mol. The Morgan fingerprint density at radius 2 is 1.00 bits per heavy atom. The van der Waals surface area contributed by atoms with Crippen LogP contribution in [0.1, 0.15) is 116 Å². The van der Waals surface area contributed by atoms with Crippen molar-refractivity contribution in [3.63, 3.8) is 0 Å². The van der Waals surface area contributed by atoms with Gasteiger partial charge in [0, 0.05) is 0 Å². The van der Waals surface area contributed by atoms with E-state index in [1.54, 1.807) is 0 Å². The van der Waals surface area contributed by atoms with Gasteiger partial charge in [0.1, 0.15) is 0 Å². The summed E-state index contributed by atoms with van der Waals surface area (Å²) in [5, 5.41) is 0. The number of aromatic nitrogens is 2. The molecule has 0 unspecified atom stereocenters. The Labute approximate surface area is 270 Å². The van der Waals surface area contributed by atoms with Crippen LogP contribution < -0.4 is 0 Å². The summed E-state index contributed by atoms with van der Waals surface area (Å²) >= 11 is -3.39. The summed E-state index contributed by atoms with van der Waals surface area (Å²) in [6.45, 7) is 11.0. The van der Waals surface area contributed by atoms with Crippen LogP contribution in [0.4, 0.5) is 0 Å². The van der Waals surface area contributed by atoms with E-state index >= 15 is 0 Å². The Morgan fingerprint density at radius 1 is 0.650 bits per heavy atom. The van der Waals surface area contributed by atoms with Crippen LogP contribution >= 0.6 is 38.8 Å². The fraction of sp³-hybridized carbons (Fsp3) is 0.531. The van der Waals surface area contributed by atoms with Crippen molar-refractivity contribution in [2.45, 2.75) is 111 Å². The maximum absolute atomic E-state index is 7.22. The zero-order chi connectivity index (χ0) is 29.3. The first-order valence-corrected chi connectivity index (χ1v) is 24.9. The van der Waals surface area contributed by atoms with Crippen molar-refractivity contribution in [3.8, 4) is 0 Å². The van der Waals surface area contributed by atoms with Crippen LogP contribution in [-0.4, -0.2) is 13.7 Å². The molecule has 0 atom stereocenters. The molecule has 3 saturated carbocycles. The molecule has 227 valence electrons. The van der Waals surface area contributed by atoms with Crippen molar-refractivity contribution in [3.05, 3.63) is 81.9 Å². The van der Waals surface area contributed by atoms with Gasteiger partial charge in [-0.05, 0) is 29.6 Å². The summed E-state index contributed by atoms with van der Waals surface area (Å²) in [7, 11) is 24.1. The summed E-state index contributed by atoms with van der Waals surface area (Å²) in [4.78, 5) is 0. The minimum atomic E-state index is -3.17. The fourth-order valence-electron chi connectivity index (χ4n) is 6.02. The van der Waals surface area contributed by atoms with E-state index in [9.17, 15) is 0 Å². The number of rotatable bonds is 3. The summed E-state index contributed by atoms with van der Waals surface area (Å²) in [5.41, 5.74) is 1.14. The molecule has 2 nitrogen and oxygen atoms in total. The topological polar surface area (TPSA) is 9.86 Å². The molecule has 0 aliphatic heterocycles. The quantitative estimate of drug-likeness (QED) is 0.274. The molecule has 2 aromatic rings. The van der Waals surface area contributed by atoms with Crippen LogP contribution in [0.2, 0.25) is 0 Å². The monoisotopic (exact) mass is 802 g/mol. The number of benzene rings is 1. The van der Waals surface area contributed by atoms with Crippen LogP contribution in [0.15, 0.2) is 42.7 Å². The number of nitrogens with zero attached hydrogens (tertiary/aromatic N) is 2. The molecule has 3 aliphatic carbocycles. The van der Waals surface area contributed by atoms with Crippen LogP contribution in [-0.2, 0) is 27.0 Å². The number of hydrogen-bond donors (Lipinski definition) is 0. The van der Waals surface area contributed by atoms with Crippen molar-refractivity contribution in [2.75, 3.05) is 0 Å². The Bertz CT molecular complexity index is 1080. The van der Waals surface area contributed by atoms with Gasteiger partial charge in [-0.1, -0.05) is 34.6 Å². The minimum absolute atomic E-state index is 0.226. The molecule has 5 rings (SSSR count). The molecule has 0 N–H and O–H groups in total. The molecule has 5 radical (unpaired) electrons.